The molecule has 0 spiro atoms. The topological polar surface area (TPSA) is 68.8 Å². The van der Waals surface area contributed by atoms with Crippen molar-refractivity contribution < 1.29 is 19.0 Å². The Morgan fingerprint density at radius 2 is 1.52 bits per heavy atom. The molecule has 0 aliphatic rings. The van der Waals surface area contributed by atoms with Crippen LogP contribution in [0.1, 0.15) is 5.56 Å². The lowest BCUT2D eigenvalue weighted by Crippen LogP contribution is -2.19. The molecule has 2 amide bonds. The second-order valence-corrected chi connectivity index (χ2v) is 4.83. The van der Waals surface area contributed by atoms with E-state index in [9.17, 15) is 4.79 Å². The Morgan fingerprint density at radius 3 is 2.09 bits per heavy atom. The van der Waals surface area contributed by atoms with Crippen LogP contribution >= 0.6 is 0 Å². The molecule has 0 saturated carbocycles. The van der Waals surface area contributed by atoms with Crippen LogP contribution in [0.2, 0.25) is 0 Å². The van der Waals surface area contributed by atoms with Crippen molar-refractivity contribution in [2.45, 2.75) is 6.92 Å². The molecule has 2 aromatic carbocycles. The van der Waals surface area contributed by atoms with Gasteiger partial charge in [0.15, 0.2) is 0 Å². The van der Waals surface area contributed by atoms with Crippen molar-refractivity contribution in [2.24, 2.45) is 0 Å². The fourth-order valence-corrected chi connectivity index (χ4v) is 2.11. The minimum Gasteiger partial charge on any atom is -0.497 e. The zero-order valence-electron chi connectivity index (χ0n) is 13.6. The van der Waals surface area contributed by atoms with Crippen molar-refractivity contribution >= 4 is 17.4 Å². The lowest BCUT2D eigenvalue weighted by atomic mass is 10.2. The SMILES string of the molecule is COc1ccc(NC(=O)Nc2cc(C)c(OC)cc2OC)cc1. The highest BCUT2D eigenvalue weighted by molar-refractivity contribution is 6.00. The summed E-state index contributed by atoms with van der Waals surface area (Å²) in [6.07, 6.45) is 0. The van der Waals surface area contributed by atoms with Gasteiger partial charge in [0.2, 0.25) is 0 Å². The number of aryl methyl sites for hydroxylation is 1. The number of carbonyl (C=O) groups excluding carboxylic acids is 1. The standard InChI is InChI=1S/C17H20N2O4/c1-11-9-14(16(23-4)10-15(11)22-3)19-17(20)18-12-5-7-13(21-2)8-6-12/h5-10H,1-4H3,(H2,18,19,20). The molecular weight excluding hydrogens is 296 g/mol. The monoisotopic (exact) mass is 316 g/mol. The Kier molecular flexibility index (Phi) is 5.30. The second kappa shape index (κ2) is 7.40. The number of anilines is 2. The summed E-state index contributed by atoms with van der Waals surface area (Å²) >= 11 is 0. The van der Waals surface area contributed by atoms with Gasteiger partial charge in [0, 0.05) is 11.8 Å². The second-order valence-electron chi connectivity index (χ2n) is 4.83. The smallest absolute Gasteiger partial charge is 0.323 e. The van der Waals surface area contributed by atoms with Gasteiger partial charge in [-0.15, -0.1) is 0 Å². The zero-order chi connectivity index (χ0) is 16.8. The van der Waals surface area contributed by atoms with Crippen LogP contribution < -0.4 is 24.8 Å². The summed E-state index contributed by atoms with van der Waals surface area (Å²) < 4.78 is 15.6. The van der Waals surface area contributed by atoms with Gasteiger partial charge in [-0.1, -0.05) is 0 Å². The number of amides is 2. The minimum absolute atomic E-state index is 0.363. The van der Waals surface area contributed by atoms with Crippen LogP contribution in [-0.4, -0.2) is 27.4 Å². The number of hydrogen-bond acceptors (Lipinski definition) is 4. The first-order chi connectivity index (χ1) is 11.1. The molecule has 0 aliphatic heterocycles. The number of ether oxygens (including phenoxy) is 3. The maximum absolute atomic E-state index is 12.1. The molecule has 0 unspecified atom stereocenters. The molecule has 0 aliphatic carbocycles. The van der Waals surface area contributed by atoms with Gasteiger partial charge in [0.1, 0.15) is 17.2 Å². The predicted molar refractivity (Wildman–Crippen MR) is 89.9 cm³/mol. The average molecular weight is 316 g/mol. The normalized spacial score (nSPS) is 9.91. The third-order valence-corrected chi connectivity index (χ3v) is 3.31. The van der Waals surface area contributed by atoms with Gasteiger partial charge in [0.25, 0.3) is 0 Å². The molecule has 0 radical (unpaired) electrons. The Hall–Kier alpha value is -2.89. The van der Waals surface area contributed by atoms with E-state index in [1.807, 2.05) is 6.92 Å². The van der Waals surface area contributed by atoms with E-state index in [4.69, 9.17) is 14.2 Å². The Balaban J connectivity index is 2.11. The molecule has 0 saturated heterocycles. The average Bonchev–Trinajstić information content (AvgIpc) is 2.55. The zero-order valence-corrected chi connectivity index (χ0v) is 13.6. The summed E-state index contributed by atoms with van der Waals surface area (Å²) in [6, 6.07) is 10.2. The summed E-state index contributed by atoms with van der Waals surface area (Å²) in [5, 5.41) is 5.52. The maximum atomic E-state index is 12.1. The highest BCUT2D eigenvalue weighted by atomic mass is 16.5. The molecule has 0 aromatic heterocycles. The van der Waals surface area contributed by atoms with Gasteiger partial charge in [-0.25, -0.2) is 4.79 Å². The van der Waals surface area contributed by atoms with E-state index in [1.165, 1.54) is 7.11 Å². The van der Waals surface area contributed by atoms with E-state index < -0.39 is 0 Å². The van der Waals surface area contributed by atoms with Crippen LogP contribution in [0, 0.1) is 6.92 Å². The van der Waals surface area contributed by atoms with Crippen molar-refractivity contribution in [1.82, 2.24) is 0 Å². The molecule has 2 rings (SSSR count). The van der Waals surface area contributed by atoms with E-state index in [0.29, 0.717) is 22.9 Å². The van der Waals surface area contributed by atoms with Crippen molar-refractivity contribution in [2.75, 3.05) is 32.0 Å². The Bertz CT molecular complexity index is 684. The quantitative estimate of drug-likeness (QED) is 0.883. The number of benzene rings is 2. The summed E-state index contributed by atoms with van der Waals surface area (Å²) in [6.45, 7) is 1.89. The summed E-state index contributed by atoms with van der Waals surface area (Å²) in [5.74, 6) is 1.95. The molecule has 23 heavy (non-hydrogen) atoms. The van der Waals surface area contributed by atoms with Crippen LogP contribution in [0.25, 0.3) is 0 Å². The summed E-state index contributed by atoms with van der Waals surface area (Å²) in [7, 11) is 4.72. The fourth-order valence-electron chi connectivity index (χ4n) is 2.11. The molecule has 2 aromatic rings. The Labute approximate surface area is 135 Å². The van der Waals surface area contributed by atoms with E-state index in [2.05, 4.69) is 10.6 Å². The third-order valence-electron chi connectivity index (χ3n) is 3.31. The number of hydrogen-bond donors (Lipinski definition) is 2. The highest BCUT2D eigenvalue weighted by Gasteiger charge is 2.11. The van der Waals surface area contributed by atoms with Crippen molar-refractivity contribution in [1.29, 1.82) is 0 Å². The van der Waals surface area contributed by atoms with E-state index >= 15 is 0 Å². The number of carbonyl (C=O) groups is 1. The fraction of sp³-hybridized carbons (Fsp3) is 0.235. The van der Waals surface area contributed by atoms with Gasteiger partial charge in [0.05, 0.1) is 27.0 Å². The molecular formula is C17H20N2O4. The summed E-state index contributed by atoms with van der Waals surface area (Å²) in [5.41, 5.74) is 2.12. The number of rotatable bonds is 5. The first-order valence-corrected chi connectivity index (χ1v) is 7.02. The van der Waals surface area contributed by atoms with Gasteiger partial charge in [-0.05, 0) is 42.8 Å². The van der Waals surface area contributed by atoms with E-state index in [1.54, 1.807) is 50.6 Å². The molecule has 0 heterocycles. The number of urea groups is 1. The Morgan fingerprint density at radius 1 is 0.870 bits per heavy atom. The maximum Gasteiger partial charge on any atom is 0.323 e. The number of nitrogens with one attached hydrogen (secondary N) is 2. The molecule has 122 valence electrons. The van der Waals surface area contributed by atoms with Crippen molar-refractivity contribution in [3.63, 3.8) is 0 Å². The molecule has 0 atom stereocenters. The lowest BCUT2D eigenvalue weighted by molar-refractivity contribution is 0.262. The van der Waals surface area contributed by atoms with Crippen LogP contribution in [-0.2, 0) is 0 Å². The van der Waals surface area contributed by atoms with Crippen LogP contribution in [0.5, 0.6) is 17.2 Å². The van der Waals surface area contributed by atoms with Crippen molar-refractivity contribution in [3.05, 3.63) is 42.0 Å². The van der Waals surface area contributed by atoms with Crippen LogP contribution in [0.15, 0.2) is 36.4 Å². The minimum atomic E-state index is -0.363. The van der Waals surface area contributed by atoms with Crippen molar-refractivity contribution in [3.8, 4) is 17.2 Å². The molecule has 0 fully saturated rings. The van der Waals surface area contributed by atoms with Crippen LogP contribution in [0.3, 0.4) is 0 Å². The van der Waals surface area contributed by atoms with E-state index in [0.717, 1.165) is 11.3 Å². The molecule has 6 nitrogen and oxygen atoms in total. The highest BCUT2D eigenvalue weighted by Crippen LogP contribution is 2.32. The van der Waals surface area contributed by atoms with E-state index in [-0.39, 0.29) is 6.03 Å². The predicted octanol–water partition coefficient (Wildman–Crippen LogP) is 3.66. The first kappa shape index (κ1) is 16.5. The van der Waals surface area contributed by atoms with Gasteiger partial charge < -0.3 is 24.8 Å². The number of methoxy groups -OCH3 is 3. The first-order valence-electron chi connectivity index (χ1n) is 7.02. The summed E-state index contributed by atoms with van der Waals surface area (Å²) in [4.78, 5) is 12.1. The van der Waals surface area contributed by atoms with Gasteiger partial charge in [-0.3, -0.25) is 0 Å². The molecule has 2 N–H and O–H groups in total. The third kappa shape index (κ3) is 4.06. The van der Waals surface area contributed by atoms with Gasteiger partial charge >= 0.3 is 6.03 Å². The largest absolute Gasteiger partial charge is 0.497 e. The molecule has 6 heteroatoms. The van der Waals surface area contributed by atoms with Crippen LogP contribution in [0.4, 0.5) is 16.2 Å². The molecule has 0 bridgehead atoms. The van der Waals surface area contributed by atoms with Gasteiger partial charge in [-0.2, -0.15) is 0 Å². The lowest BCUT2D eigenvalue weighted by Gasteiger charge is -2.14.